The van der Waals surface area contributed by atoms with Gasteiger partial charge in [-0.2, -0.15) is 0 Å². The first-order valence-electron chi connectivity index (χ1n) is 9.59. The predicted molar refractivity (Wildman–Crippen MR) is 109 cm³/mol. The van der Waals surface area contributed by atoms with Crippen molar-refractivity contribution in [2.24, 2.45) is 0 Å². The number of rotatable bonds is 3. The van der Waals surface area contributed by atoms with E-state index in [1.165, 1.54) is 34.9 Å². The minimum atomic E-state index is 0.689. The van der Waals surface area contributed by atoms with Gasteiger partial charge in [-0.1, -0.05) is 30.3 Å². The van der Waals surface area contributed by atoms with Crippen molar-refractivity contribution in [2.45, 2.75) is 46.1 Å². The molecule has 0 bridgehead atoms. The summed E-state index contributed by atoms with van der Waals surface area (Å²) in [5.41, 5.74) is 13.0. The zero-order valence-electron chi connectivity index (χ0n) is 16.0. The van der Waals surface area contributed by atoms with Gasteiger partial charge in [0, 0.05) is 17.1 Å². The highest BCUT2D eigenvalue weighted by Crippen LogP contribution is 2.34. The van der Waals surface area contributed by atoms with E-state index in [0.29, 0.717) is 5.92 Å². The Morgan fingerprint density at radius 2 is 1.69 bits per heavy atom. The van der Waals surface area contributed by atoms with E-state index in [4.69, 9.17) is 10.2 Å². The lowest BCUT2D eigenvalue weighted by atomic mass is 9.89. The monoisotopic (exact) mass is 348 g/mol. The highest BCUT2D eigenvalue weighted by molar-refractivity contribution is 5.89. The Labute approximate surface area is 155 Å². The van der Waals surface area contributed by atoms with Crippen molar-refractivity contribution in [2.75, 3.05) is 18.8 Å². The maximum atomic E-state index is 6.21. The molecule has 3 heteroatoms. The summed E-state index contributed by atoms with van der Waals surface area (Å²) in [7, 11) is 0. The molecule has 1 fully saturated rings. The Balaban J connectivity index is 1.50. The molecule has 1 aliphatic rings. The molecule has 0 aliphatic carbocycles. The number of furan rings is 1. The van der Waals surface area contributed by atoms with E-state index in [0.717, 1.165) is 42.2 Å². The number of nitrogens with zero attached hydrogens (tertiary/aromatic N) is 1. The topological polar surface area (TPSA) is 42.4 Å². The van der Waals surface area contributed by atoms with Crippen molar-refractivity contribution in [3.05, 3.63) is 64.4 Å². The normalized spacial score (nSPS) is 16.4. The summed E-state index contributed by atoms with van der Waals surface area (Å²) >= 11 is 0. The van der Waals surface area contributed by atoms with Gasteiger partial charge in [-0.25, -0.2) is 0 Å². The predicted octanol–water partition coefficient (Wildman–Crippen LogP) is 5.32. The molecule has 0 radical (unpaired) electrons. The molecule has 0 spiro atoms. The minimum Gasteiger partial charge on any atom is -0.459 e. The Morgan fingerprint density at radius 3 is 2.38 bits per heavy atom. The van der Waals surface area contributed by atoms with Crippen LogP contribution in [0.25, 0.3) is 11.0 Å². The molecular weight excluding hydrogens is 320 g/mol. The van der Waals surface area contributed by atoms with Gasteiger partial charge in [0.2, 0.25) is 0 Å². The van der Waals surface area contributed by atoms with Crippen LogP contribution in [0.2, 0.25) is 0 Å². The first-order chi connectivity index (χ1) is 12.5. The number of fused-ring (bicyclic) bond motifs is 1. The molecule has 0 saturated carbocycles. The van der Waals surface area contributed by atoms with Crippen molar-refractivity contribution >= 4 is 16.7 Å². The summed E-state index contributed by atoms with van der Waals surface area (Å²) in [5.74, 6) is 1.78. The Morgan fingerprint density at radius 1 is 1.00 bits per heavy atom. The SMILES string of the molecule is Cc1c(N)cc2oc(CN3CCC(c4ccccc4)CC3)c(C)c2c1C. The Hall–Kier alpha value is -2.26. The third-order valence-corrected chi connectivity index (χ3v) is 6.16. The van der Waals surface area contributed by atoms with Gasteiger partial charge in [0.25, 0.3) is 0 Å². The Bertz CT molecular complexity index is 919. The third kappa shape index (κ3) is 3.01. The van der Waals surface area contributed by atoms with Crippen LogP contribution in [0.3, 0.4) is 0 Å². The maximum Gasteiger partial charge on any atom is 0.136 e. The van der Waals surface area contributed by atoms with E-state index in [-0.39, 0.29) is 0 Å². The molecule has 1 aliphatic heterocycles. The number of nitrogen functional groups attached to an aromatic ring is 1. The summed E-state index contributed by atoms with van der Waals surface area (Å²) in [6.45, 7) is 9.55. The number of likely N-dealkylation sites (tertiary alicyclic amines) is 1. The molecule has 0 amide bonds. The van der Waals surface area contributed by atoms with E-state index >= 15 is 0 Å². The van der Waals surface area contributed by atoms with E-state index in [1.54, 1.807) is 0 Å². The van der Waals surface area contributed by atoms with Gasteiger partial charge < -0.3 is 10.2 Å². The lowest BCUT2D eigenvalue weighted by Gasteiger charge is -2.31. The second-order valence-electron chi connectivity index (χ2n) is 7.70. The molecule has 26 heavy (non-hydrogen) atoms. The molecule has 3 aromatic rings. The number of nitrogens with two attached hydrogens (primary N) is 1. The number of hydrogen-bond donors (Lipinski definition) is 1. The zero-order valence-corrected chi connectivity index (χ0v) is 16.0. The molecule has 2 heterocycles. The fraction of sp³-hybridized carbons (Fsp3) is 0.391. The van der Waals surface area contributed by atoms with Gasteiger partial charge in [0.1, 0.15) is 11.3 Å². The fourth-order valence-corrected chi connectivity index (χ4v) is 4.31. The highest BCUT2D eigenvalue weighted by atomic mass is 16.3. The summed E-state index contributed by atoms with van der Waals surface area (Å²) < 4.78 is 6.21. The number of benzene rings is 2. The van der Waals surface area contributed by atoms with Crippen molar-refractivity contribution in [1.82, 2.24) is 4.90 Å². The summed E-state index contributed by atoms with van der Waals surface area (Å²) in [6, 6.07) is 12.9. The molecule has 3 nitrogen and oxygen atoms in total. The van der Waals surface area contributed by atoms with Gasteiger partial charge in [-0.15, -0.1) is 0 Å². The number of hydrogen-bond acceptors (Lipinski definition) is 3. The second kappa shape index (κ2) is 6.81. The van der Waals surface area contributed by atoms with Crippen LogP contribution in [-0.4, -0.2) is 18.0 Å². The molecule has 0 atom stereocenters. The van der Waals surface area contributed by atoms with E-state index in [9.17, 15) is 0 Å². The lowest BCUT2D eigenvalue weighted by Crippen LogP contribution is -2.32. The molecule has 1 aromatic heterocycles. The van der Waals surface area contributed by atoms with Crippen molar-refractivity contribution < 1.29 is 4.42 Å². The second-order valence-corrected chi connectivity index (χ2v) is 7.70. The minimum absolute atomic E-state index is 0.689. The summed E-state index contributed by atoms with van der Waals surface area (Å²) in [6.07, 6.45) is 2.43. The third-order valence-electron chi connectivity index (χ3n) is 6.16. The van der Waals surface area contributed by atoms with Crippen LogP contribution in [0.15, 0.2) is 40.8 Å². The summed E-state index contributed by atoms with van der Waals surface area (Å²) in [4.78, 5) is 2.52. The maximum absolute atomic E-state index is 6.21. The van der Waals surface area contributed by atoms with Gasteiger partial charge in [-0.3, -0.25) is 4.90 Å². The van der Waals surface area contributed by atoms with Crippen molar-refractivity contribution in [3.8, 4) is 0 Å². The van der Waals surface area contributed by atoms with E-state index in [1.807, 2.05) is 6.07 Å². The van der Waals surface area contributed by atoms with Crippen molar-refractivity contribution in [3.63, 3.8) is 0 Å². The smallest absolute Gasteiger partial charge is 0.136 e. The average Bonchev–Trinajstić information content (AvgIpc) is 2.96. The molecule has 1 saturated heterocycles. The quantitative estimate of drug-likeness (QED) is 0.651. The molecule has 0 unspecified atom stereocenters. The largest absolute Gasteiger partial charge is 0.459 e. The molecule has 4 rings (SSSR count). The number of aryl methyl sites for hydroxylation is 2. The molecule has 136 valence electrons. The number of piperidine rings is 1. The van der Waals surface area contributed by atoms with Gasteiger partial charge >= 0.3 is 0 Å². The highest BCUT2D eigenvalue weighted by Gasteiger charge is 2.23. The van der Waals surface area contributed by atoms with Crippen LogP contribution < -0.4 is 5.73 Å². The zero-order chi connectivity index (χ0) is 18.3. The van der Waals surface area contributed by atoms with Gasteiger partial charge in [0.05, 0.1) is 6.54 Å². The van der Waals surface area contributed by atoms with Gasteiger partial charge in [0.15, 0.2) is 0 Å². The van der Waals surface area contributed by atoms with Crippen LogP contribution in [0.5, 0.6) is 0 Å². The first kappa shape index (κ1) is 17.2. The lowest BCUT2D eigenvalue weighted by molar-refractivity contribution is 0.192. The molecular formula is C23H28N2O. The molecule has 2 N–H and O–H groups in total. The number of anilines is 1. The van der Waals surface area contributed by atoms with Crippen LogP contribution in [0, 0.1) is 20.8 Å². The molecule has 2 aromatic carbocycles. The fourth-order valence-electron chi connectivity index (χ4n) is 4.31. The van der Waals surface area contributed by atoms with Crippen LogP contribution in [0.1, 0.15) is 46.8 Å². The summed E-state index contributed by atoms with van der Waals surface area (Å²) in [5, 5.41) is 1.24. The van der Waals surface area contributed by atoms with Crippen LogP contribution >= 0.6 is 0 Å². The average molecular weight is 348 g/mol. The van der Waals surface area contributed by atoms with Crippen LogP contribution in [0.4, 0.5) is 5.69 Å². The van der Waals surface area contributed by atoms with Gasteiger partial charge in [-0.05, 0) is 74.9 Å². The van der Waals surface area contributed by atoms with E-state index < -0.39 is 0 Å². The Kier molecular flexibility index (Phi) is 4.49. The standard InChI is InChI=1S/C23H28N2O/c1-15-16(2)23-17(3)22(26-21(23)13-20(15)24)14-25-11-9-19(10-12-25)18-7-5-4-6-8-18/h4-8,13,19H,9-12,14,24H2,1-3H3. The first-order valence-corrected chi connectivity index (χ1v) is 9.59. The van der Waals surface area contributed by atoms with E-state index in [2.05, 4.69) is 56.0 Å². The van der Waals surface area contributed by atoms with Crippen molar-refractivity contribution in [1.29, 1.82) is 0 Å². The van der Waals surface area contributed by atoms with Crippen LogP contribution in [-0.2, 0) is 6.54 Å².